The highest BCUT2D eigenvalue weighted by Gasteiger charge is 2.16. The molecule has 2 heterocycles. The first-order valence-electron chi connectivity index (χ1n) is 8.91. The molecule has 1 aromatic rings. The van der Waals surface area contributed by atoms with Gasteiger partial charge < -0.3 is 19.9 Å². The lowest BCUT2D eigenvalue weighted by molar-refractivity contribution is 0.170. The van der Waals surface area contributed by atoms with Crippen molar-refractivity contribution in [2.75, 3.05) is 44.6 Å². The van der Waals surface area contributed by atoms with E-state index in [0.717, 1.165) is 23.6 Å². The summed E-state index contributed by atoms with van der Waals surface area (Å²) in [5.74, 6) is 4.00. The molecule has 3 rings (SSSR count). The Kier molecular flexibility index (Phi) is 7.08. The molecule has 0 radical (unpaired) electrons. The van der Waals surface area contributed by atoms with E-state index in [1.165, 1.54) is 50.4 Å². The summed E-state index contributed by atoms with van der Waals surface area (Å²) in [7, 11) is 0. The Hall–Kier alpha value is -0.950. The lowest BCUT2D eigenvalue weighted by Gasteiger charge is -2.14. The van der Waals surface area contributed by atoms with Crippen molar-refractivity contribution < 1.29 is 14.6 Å². The minimum absolute atomic E-state index is 0.268. The SMILES string of the molecule is OC(CNCCCCCCN1CCSC1)c1ccc2c(c1)OCO2. The first kappa shape index (κ1) is 17.9. The highest BCUT2D eigenvalue weighted by atomic mass is 32.2. The number of benzene rings is 1. The van der Waals surface area contributed by atoms with E-state index in [1.807, 2.05) is 30.0 Å². The summed E-state index contributed by atoms with van der Waals surface area (Å²) in [6.07, 6.45) is 4.53. The maximum atomic E-state index is 10.2. The lowest BCUT2D eigenvalue weighted by Crippen LogP contribution is -2.22. The molecule has 1 saturated heterocycles. The molecule has 1 atom stereocenters. The average Bonchev–Trinajstić information content (AvgIpc) is 3.27. The zero-order valence-electron chi connectivity index (χ0n) is 14.2. The Balaban J connectivity index is 1.22. The van der Waals surface area contributed by atoms with Gasteiger partial charge in [-0.2, -0.15) is 0 Å². The van der Waals surface area contributed by atoms with Crippen LogP contribution in [0.5, 0.6) is 11.5 Å². The van der Waals surface area contributed by atoms with E-state index in [2.05, 4.69) is 10.2 Å². The molecule has 2 N–H and O–H groups in total. The van der Waals surface area contributed by atoms with E-state index in [9.17, 15) is 5.11 Å². The van der Waals surface area contributed by atoms with Gasteiger partial charge in [0.1, 0.15) is 0 Å². The monoisotopic (exact) mass is 352 g/mol. The molecule has 1 aromatic carbocycles. The van der Waals surface area contributed by atoms with Crippen molar-refractivity contribution in [1.29, 1.82) is 0 Å². The van der Waals surface area contributed by atoms with Gasteiger partial charge >= 0.3 is 0 Å². The summed E-state index contributed by atoms with van der Waals surface area (Å²) < 4.78 is 10.6. The number of nitrogens with one attached hydrogen (secondary N) is 1. The van der Waals surface area contributed by atoms with Crippen molar-refractivity contribution in [3.05, 3.63) is 23.8 Å². The number of ether oxygens (including phenoxy) is 2. The van der Waals surface area contributed by atoms with Crippen LogP contribution in [0, 0.1) is 0 Å². The number of hydrogen-bond donors (Lipinski definition) is 2. The van der Waals surface area contributed by atoms with Crippen LogP contribution < -0.4 is 14.8 Å². The van der Waals surface area contributed by atoms with E-state index < -0.39 is 6.10 Å². The summed E-state index contributed by atoms with van der Waals surface area (Å²) in [6.45, 7) is 4.32. The molecule has 0 bridgehead atoms. The van der Waals surface area contributed by atoms with E-state index in [0.29, 0.717) is 6.54 Å². The van der Waals surface area contributed by atoms with E-state index in [4.69, 9.17) is 9.47 Å². The Morgan fingerprint density at radius 1 is 1.17 bits per heavy atom. The number of aliphatic hydroxyl groups is 1. The molecule has 0 aliphatic carbocycles. The van der Waals surface area contributed by atoms with Crippen LogP contribution in [0.25, 0.3) is 0 Å². The summed E-state index contributed by atoms with van der Waals surface area (Å²) in [5.41, 5.74) is 0.871. The highest BCUT2D eigenvalue weighted by Crippen LogP contribution is 2.34. The Labute approximate surface area is 148 Å². The maximum absolute atomic E-state index is 10.2. The molecule has 6 heteroatoms. The normalized spacial score (nSPS) is 18.2. The molecule has 2 aliphatic rings. The second-order valence-corrected chi connectivity index (χ2v) is 7.48. The number of thioether (sulfide) groups is 1. The van der Waals surface area contributed by atoms with Gasteiger partial charge in [-0.1, -0.05) is 18.9 Å². The van der Waals surface area contributed by atoms with Crippen LogP contribution in [0.3, 0.4) is 0 Å². The minimum atomic E-state index is -0.507. The van der Waals surface area contributed by atoms with Gasteiger partial charge in [0.15, 0.2) is 11.5 Å². The number of aliphatic hydroxyl groups excluding tert-OH is 1. The molecule has 5 nitrogen and oxygen atoms in total. The van der Waals surface area contributed by atoms with Crippen molar-refractivity contribution in [2.24, 2.45) is 0 Å². The number of hydrogen-bond acceptors (Lipinski definition) is 6. The maximum Gasteiger partial charge on any atom is 0.231 e. The van der Waals surface area contributed by atoms with Gasteiger partial charge in [-0.05, 0) is 43.6 Å². The molecule has 24 heavy (non-hydrogen) atoms. The van der Waals surface area contributed by atoms with Gasteiger partial charge in [-0.15, -0.1) is 11.8 Å². The van der Waals surface area contributed by atoms with Crippen LogP contribution in [-0.2, 0) is 0 Å². The van der Waals surface area contributed by atoms with Crippen molar-refractivity contribution >= 4 is 11.8 Å². The Morgan fingerprint density at radius 2 is 2.04 bits per heavy atom. The van der Waals surface area contributed by atoms with Gasteiger partial charge in [0.05, 0.1) is 6.10 Å². The van der Waals surface area contributed by atoms with Gasteiger partial charge in [0.2, 0.25) is 6.79 Å². The Morgan fingerprint density at radius 3 is 2.92 bits per heavy atom. The molecular weight excluding hydrogens is 324 g/mol. The van der Waals surface area contributed by atoms with Crippen molar-refractivity contribution in [3.8, 4) is 11.5 Å². The average molecular weight is 353 g/mol. The van der Waals surface area contributed by atoms with E-state index in [-0.39, 0.29) is 6.79 Å². The van der Waals surface area contributed by atoms with Gasteiger partial charge in [0, 0.05) is 24.7 Å². The topological polar surface area (TPSA) is 54.0 Å². The third kappa shape index (κ3) is 5.28. The van der Waals surface area contributed by atoms with E-state index >= 15 is 0 Å². The van der Waals surface area contributed by atoms with Crippen molar-refractivity contribution in [1.82, 2.24) is 10.2 Å². The largest absolute Gasteiger partial charge is 0.454 e. The fourth-order valence-electron chi connectivity index (χ4n) is 3.04. The van der Waals surface area contributed by atoms with E-state index in [1.54, 1.807) is 0 Å². The number of fused-ring (bicyclic) bond motifs is 1. The molecular formula is C18H28N2O3S. The minimum Gasteiger partial charge on any atom is -0.454 e. The third-order valence-corrected chi connectivity index (χ3v) is 5.54. The van der Waals surface area contributed by atoms with Gasteiger partial charge in [0.25, 0.3) is 0 Å². The highest BCUT2D eigenvalue weighted by molar-refractivity contribution is 7.99. The number of unbranched alkanes of at least 4 members (excludes halogenated alkanes) is 3. The standard InChI is InChI=1S/C18H28N2O3S/c21-16(15-5-6-17-18(11-15)23-14-22-17)12-19-7-3-1-2-4-8-20-9-10-24-13-20/h5-6,11,16,19,21H,1-4,7-10,12-14H2. The zero-order valence-corrected chi connectivity index (χ0v) is 15.0. The molecule has 1 unspecified atom stereocenters. The smallest absolute Gasteiger partial charge is 0.231 e. The fraction of sp³-hybridized carbons (Fsp3) is 0.667. The van der Waals surface area contributed by atoms with Crippen LogP contribution in [0.15, 0.2) is 18.2 Å². The number of nitrogens with zero attached hydrogens (tertiary/aromatic N) is 1. The summed E-state index contributed by atoms with van der Waals surface area (Å²) in [5, 5.41) is 13.6. The van der Waals surface area contributed by atoms with Crippen molar-refractivity contribution in [3.63, 3.8) is 0 Å². The first-order valence-corrected chi connectivity index (χ1v) is 10.1. The quantitative estimate of drug-likeness (QED) is 0.632. The molecule has 0 amide bonds. The number of rotatable bonds is 10. The molecule has 2 aliphatic heterocycles. The Bertz CT molecular complexity index is 509. The fourth-order valence-corrected chi connectivity index (χ4v) is 4.08. The summed E-state index contributed by atoms with van der Waals surface area (Å²) >= 11 is 2.04. The third-order valence-electron chi connectivity index (χ3n) is 4.52. The predicted octanol–water partition coefficient (Wildman–Crippen LogP) is 2.61. The summed E-state index contributed by atoms with van der Waals surface area (Å²) in [4.78, 5) is 2.55. The summed E-state index contributed by atoms with van der Waals surface area (Å²) in [6, 6.07) is 5.63. The van der Waals surface area contributed by atoms with Gasteiger partial charge in [-0.3, -0.25) is 4.90 Å². The van der Waals surface area contributed by atoms with Gasteiger partial charge in [-0.25, -0.2) is 0 Å². The van der Waals surface area contributed by atoms with Crippen molar-refractivity contribution in [2.45, 2.75) is 31.8 Å². The van der Waals surface area contributed by atoms with Crippen LogP contribution in [0.4, 0.5) is 0 Å². The van der Waals surface area contributed by atoms with Crippen LogP contribution in [-0.4, -0.2) is 54.6 Å². The molecule has 0 saturated carbocycles. The first-order chi connectivity index (χ1) is 11.8. The lowest BCUT2D eigenvalue weighted by atomic mass is 10.1. The second kappa shape index (κ2) is 9.51. The van der Waals surface area contributed by atoms with Crippen LogP contribution in [0.2, 0.25) is 0 Å². The molecule has 134 valence electrons. The second-order valence-electron chi connectivity index (χ2n) is 6.40. The predicted molar refractivity (Wildman–Crippen MR) is 97.8 cm³/mol. The van der Waals surface area contributed by atoms with Crippen LogP contribution >= 0.6 is 11.8 Å². The molecule has 0 aromatic heterocycles. The zero-order chi connectivity index (χ0) is 16.6. The molecule has 1 fully saturated rings. The van der Waals surface area contributed by atoms with Crippen LogP contribution in [0.1, 0.15) is 37.4 Å². The molecule has 0 spiro atoms.